The van der Waals surface area contributed by atoms with E-state index in [1.807, 2.05) is 13.8 Å². The van der Waals surface area contributed by atoms with Crippen molar-refractivity contribution in [1.82, 2.24) is 4.90 Å². The predicted octanol–water partition coefficient (Wildman–Crippen LogP) is 3.32. The molecule has 1 aromatic carbocycles. The zero-order chi connectivity index (χ0) is 15.7. The third kappa shape index (κ3) is 5.67. The van der Waals surface area contributed by atoms with E-state index in [-0.39, 0.29) is 24.4 Å². The molecule has 1 N–H and O–H groups in total. The molecule has 0 saturated carbocycles. The molecule has 0 aromatic heterocycles. The van der Waals surface area contributed by atoms with E-state index in [9.17, 15) is 9.18 Å². The molecule has 21 heavy (non-hydrogen) atoms. The number of benzene rings is 1. The van der Waals surface area contributed by atoms with Crippen molar-refractivity contribution in [3.8, 4) is 0 Å². The van der Waals surface area contributed by atoms with E-state index < -0.39 is 0 Å². The average molecular weight is 313 g/mol. The van der Waals surface area contributed by atoms with Crippen LogP contribution in [-0.4, -0.2) is 40.9 Å². The van der Waals surface area contributed by atoms with Gasteiger partial charge >= 0.3 is 0 Å². The number of amides is 1. The number of thioether (sulfide) groups is 1. The van der Waals surface area contributed by atoms with Crippen LogP contribution in [0.1, 0.15) is 33.1 Å². The van der Waals surface area contributed by atoms with Crippen LogP contribution in [-0.2, 0) is 4.79 Å². The van der Waals surface area contributed by atoms with E-state index in [0.29, 0.717) is 23.6 Å². The van der Waals surface area contributed by atoms with Gasteiger partial charge in [-0.15, -0.1) is 11.8 Å². The van der Waals surface area contributed by atoms with Crippen LogP contribution in [0.2, 0.25) is 0 Å². The maximum Gasteiger partial charge on any atom is 0.223 e. The Bertz CT molecular complexity index is 438. The Hall–Kier alpha value is -1.07. The number of halogens is 1. The van der Waals surface area contributed by atoms with Crippen molar-refractivity contribution in [2.75, 3.05) is 18.9 Å². The Morgan fingerprint density at radius 1 is 1.33 bits per heavy atom. The summed E-state index contributed by atoms with van der Waals surface area (Å²) in [5.41, 5.74) is 0. The van der Waals surface area contributed by atoms with Crippen LogP contribution >= 0.6 is 11.8 Å². The minimum absolute atomic E-state index is 0.0251. The summed E-state index contributed by atoms with van der Waals surface area (Å²) in [6.45, 7) is 4.43. The second kappa shape index (κ2) is 9.79. The summed E-state index contributed by atoms with van der Waals surface area (Å²) in [5, 5.41) is 9.12. The molecule has 0 bridgehead atoms. The summed E-state index contributed by atoms with van der Waals surface area (Å²) < 4.78 is 13.5. The Labute approximate surface area is 130 Å². The van der Waals surface area contributed by atoms with Crippen molar-refractivity contribution in [2.24, 2.45) is 0 Å². The molecule has 0 saturated heterocycles. The molecule has 0 aliphatic rings. The van der Waals surface area contributed by atoms with E-state index in [0.717, 1.165) is 12.8 Å². The summed E-state index contributed by atoms with van der Waals surface area (Å²) in [7, 11) is 0. The van der Waals surface area contributed by atoms with Gasteiger partial charge in [0.05, 0.1) is 6.61 Å². The van der Waals surface area contributed by atoms with Crippen molar-refractivity contribution in [3.63, 3.8) is 0 Å². The van der Waals surface area contributed by atoms with Crippen molar-refractivity contribution < 1.29 is 14.3 Å². The summed E-state index contributed by atoms with van der Waals surface area (Å²) >= 11 is 1.35. The second-order valence-corrected chi connectivity index (χ2v) is 5.95. The van der Waals surface area contributed by atoms with Gasteiger partial charge in [0.25, 0.3) is 0 Å². The molecule has 0 fully saturated rings. The van der Waals surface area contributed by atoms with Gasteiger partial charge in [0.15, 0.2) is 0 Å². The first-order chi connectivity index (χ1) is 10.1. The van der Waals surface area contributed by atoms with Gasteiger partial charge in [-0.05, 0) is 25.0 Å². The van der Waals surface area contributed by atoms with Gasteiger partial charge in [-0.2, -0.15) is 0 Å². The molecule has 3 nitrogen and oxygen atoms in total. The topological polar surface area (TPSA) is 40.5 Å². The highest BCUT2D eigenvalue weighted by molar-refractivity contribution is 7.99. The minimum atomic E-state index is -0.248. The van der Waals surface area contributed by atoms with Crippen LogP contribution in [0.4, 0.5) is 4.39 Å². The first kappa shape index (κ1) is 18.0. The largest absolute Gasteiger partial charge is 0.395 e. The lowest BCUT2D eigenvalue weighted by atomic mass is 10.1. The Kier molecular flexibility index (Phi) is 8.38. The number of carbonyl (C=O) groups is 1. The molecule has 0 unspecified atom stereocenters. The van der Waals surface area contributed by atoms with Gasteiger partial charge < -0.3 is 10.0 Å². The molecule has 5 heteroatoms. The number of rotatable bonds is 9. The first-order valence-electron chi connectivity index (χ1n) is 7.41. The van der Waals surface area contributed by atoms with Crippen LogP contribution < -0.4 is 0 Å². The van der Waals surface area contributed by atoms with Crippen molar-refractivity contribution in [1.29, 1.82) is 0 Å². The number of aliphatic hydroxyl groups excluding tert-OH is 1. The number of nitrogens with zero attached hydrogens (tertiary/aromatic N) is 1. The maximum absolute atomic E-state index is 13.5. The lowest BCUT2D eigenvalue weighted by molar-refractivity contribution is -0.133. The molecule has 0 spiro atoms. The highest BCUT2D eigenvalue weighted by Crippen LogP contribution is 2.22. The van der Waals surface area contributed by atoms with E-state index in [1.54, 1.807) is 23.1 Å². The fraction of sp³-hybridized carbons (Fsp3) is 0.562. The zero-order valence-corrected chi connectivity index (χ0v) is 13.5. The monoisotopic (exact) mass is 313 g/mol. The molecule has 0 aliphatic carbocycles. The third-order valence-corrected chi connectivity index (χ3v) is 4.51. The van der Waals surface area contributed by atoms with Crippen molar-refractivity contribution >= 4 is 17.7 Å². The Morgan fingerprint density at radius 2 is 2.00 bits per heavy atom. The van der Waals surface area contributed by atoms with Crippen molar-refractivity contribution in [2.45, 2.75) is 44.0 Å². The normalized spacial score (nSPS) is 10.9. The molecule has 1 rings (SSSR count). The fourth-order valence-corrected chi connectivity index (χ4v) is 3.18. The highest BCUT2D eigenvalue weighted by Gasteiger charge is 2.20. The summed E-state index contributed by atoms with van der Waals surface area (Å²) in [6.07, 6.45) is 2.11. The van der Waals surface area contributed by atoms with Gasteiger partial charge in [-0.3, -0.25) is 4.79 Å². The summed E-state index contributed by atoms with van der Waals surface area (Å²) in [6, 6.07) is 6.75. The van der Waals surface area contributed by atoms with E-state index >= 15 is 0 Å². The number of carbonyl (C=O) groups excluding carboxylic acids is 1. The molecular weight excluding hydrogens is 289 g/mol. The van der Waals surface area contributed by atoms with Gasteiger partial charge in [-0.25, -0.2) is 4.39 Å². The second-order valence-electron chi connectivity index (χ2n) is 4.81. The highest BCUT2D eigenvalue weighted by atomic mass is 32.2. The fourth-order valence-electron chi connectivity index (χ4n) is 2.30. The molecule has 0 atom stereocenters. The van der Waals surface area contributed by atoms with Crippen LogP contribution in [0.15, 0.2) is 29.2 Å². The number of hydrogen-bond acceptors (Lipinski definition) is 3. The molecular formula is C16H24FNO2S. The van der Waals surface area contributed by atoms with Gasteiger partial charge in [-0.1, -0.05) is 26.0 Å². The maximum atomic E-state index is 13.5. The van der Waals surface area contributed by atoms with Gasteiger partial charge in [0.2, 0.25) is 5.91 Å². The lowest BCUT2D eigenvalue weighted by Crippen LogP contribution is -2.41. The predicted molar refractivity (Wildman–Crippen MR) is 84.9 cm³/mol. The summed E-state index contributed by atoms with van der Waals surface area (Å²) in [5.74, 6) is 0.325. The Morgan fingerprint density at radius 3 is 2.57 bits per heavy atom. The van der Waals surface area contributed by atoms with Crippen LogP contribution in [0, 0.1) is 5.82 Å². The Balaban J connectivity index is 2.52. The van der Waals surface area contributed by atoms with E-state index in [1.165, 1.54) is 17.8 Å². The van der Waals surface area contributed by atoms with E-state index in [2.05, 4.69) is 0 Å². The molecule has 0 aliphatic heterocycles. The van der Waals surface area contributed by atoms with Gasteiger partial charge in [0.1, 0.15) is 5.82 Å². The third-order valence-electron chi connectivity index (χ3n) is 3.45. The standard InChI is InChI=1S/C16H24FNO2S/c1-3-13(4-2)18(10-11-19)16(20)9-12-21-15-8-6-5-7-14(15)17/h5-8,13,19H,3-4,9-12H2,1-2H3. The SMILES string of the molecule is CCC(CC)N(CCO)C(=O)CCSc1ccccc1F. The smallest absolute Gasteiger partial charge is 0.223 e. The quantitative estimate of drug-likeness (QED) is 0.711. The minimum Gasteiger partial charge on any atom is -0.395 e. The van der Waals surface area contributed by atoms with Crippen molar-refractivity contribution in [3.05, 3.63) is 30.1 Å². The van der Waals surface area contributed by atoms with Gasteiger partial charge in [0, 0.05) is 29.7 Å². The van der Waals surface area contributed by atoms with E-state index in [4.69, 9.17) is 5.11 Å². The van der Waals surface area contributed by atoms with Crippen LogP contribution in [0.25, 0.3) is 0 Å². The lowest BCUT2D eigenvalue weighted by Gasteiger charge is -2.30. The number of hydrogen-bond donors (Lipinski definition) is 1. The zero-order valence-electron chi connectivity index (χ0n) is 12.7. The number of aliphatic hydroxyl groups is 1. The average Bonchev–Trinajstić information content (AvgIpc) is 2.49. The molecule has 1 aromatic rings. The summed E-state index contributed by atoms with van der Waals surface area (Å²) in [4.78, 5) is 14.6. The van der Waals surface area contributed by atoms with Crippen LogP contribution in [0.3, 0.4) is 0 Å². The molecule has 118 valence electrons. The molecule has 0 heterocycles. The molecule has 1 amide bonds. The first-order valence-corrected chi connectivity index (χ1v) is 8.40. The van der Waals surface area contributed by atoms with Crippen LogP contribution in [0.5, 0.6) is 0 Å². The molecule has 0 radical (unpaired) electrons.